The summed E-state index contributed by atoms with van der Waals surface area (Å²) in [6.07, 6.45) is 64.7. The molecule has 0 rings (SSSR count). The first kappa shape index (κ1) is 62.3. The van der Waals surface area contributed by atoms with Crippen molar-refractivity contribution in [1.82, 2.24) is 5.32 Å². The van der Waals surface area contributed by atoms with Crippen molar-refractivity contribution in [2.24, 2.45) is 0 Å². The Morgan fingerprint density at radius 3 is 1.11 bits per heavy atom. The summed E-state index contributed by atoms with van der Waals surface area (Å²) in [4.78, 5) is 24.5. The van der Waals surface area contributed by atoms with E-state index in [0.29, 0.717) is 19.4 Å². The molecule has 0 aliphatic carbocycles. The van der Waals surface area contributed by atoms with Gasteiger partial charge in [-0.15, -0.1) is 0 Å². The van der Waals surface area contributed by atoms with E-state index in [4.69, 9.17) is 4.74 Å². The van der Waals surface area contributed by atoms with Crippen LogP contribution in [-0.2, 0) is 14.3 Å². The maximum Gasteiger partial charge on any atom is 0.305 e. The van der Waals surface area contributed by atoms with Gasteiger partial charge in [0.1, 0.15) is 0 Å². The van der Waals surface area contributed by atoms with Crippen LogP contribution in [-0.4, -0.2) is 47.4 Å². The van der Waals surface area contributed by atoms with E-state index in [1.54, 1.807) is 6.08 Å². The standard InChI is InChI=1S/C58H111NO5/c1-3-5-7-9-11-13-15-17-19-21-22-24-28-32-36-40-44-48-52-58(63)64-53-49-45-41-37-33-29-25-27-31-35-39-43-47-51-57(62)59-55(54-60)56(61)50-46-42-38-34-30-26-23-20-18-16-14-12-10-8-6-4-2/h19,21,46,50,55-56,60-61H,3-18,20,22-45,47-49,51-54H2,1-2H3,(H,59,62)/b21-19-,50-46+. The predicted molar refractivity (Wildman–Crippen MR) is 278 cm³/mol. The third kappa shape index (κ3) is 49.8. The molecule has 2 unspecified atom stereocenters. The summed E-state index contributed by atoms with van der Waals surface area (Å²) in [5, 5.41) is 23.1. The first-order valence-corrected chi connectivity index (χ1v) is 28.6. The number of unbranched alkanes of at least 4 members (excludes halogenated alkanes) is 40. The number of rotatable bonds is 53. The molecule has 3 N–H and O–H groups in total. The summed E-state index contributed by atoms with van der Waals surface area (Å²) in [5.74, 6) is -0.0889. The van der Waals surface area contributed by atoms with Crippen molar-refractivity contribution in [2.75, 3.05) is 13.2 Å². The number of hydrogen-bond acceptors (Lipinski definition) is 5. The second-order valence-electron chi connectivity index (χ2n) is 19.6. The van der Waals surface area contributed by atoms with Gasteiger partial charge >= 0.3 is 5.97 Å². The van der Waals surface area contributed by atoms with Gasteiger partial charge in [-0.25, -0.2) is 0 Å². The summed E-state index contributed by atoms with van der Waals surface area (Å²) in [7, 11) is 0. The van der Waals surface area contributed by atoms with Crippen molar-refractivity contribution in [3.63, 3.8) is 0 Å². The highest BCUT2D eigenvalue weighted by atomic mass is 16.5. The Hall–Kier alpha value is -1.66. The molecular weight excluding hydrogens is 791 g/mol. The number of aliphatic hydroxyl groups excluding tert-OH is 2. The number of aliphatic hydroxyl groups is 2. The van der Waals surface area contributed by atoms with Crippen molar-refractivity contribution in [1.29, 1.82) is 0 Å². The number of amides is 1. The zero-order chi connectivity index (χ0) is 46.5. The van der Waals surface area contributed by atoms with Gasteiger partial charge in [0, 0.05) is 12.8 Å². The Labute approximate surface area is 399 Å². The fourth-order valence-corrected chi connectivity index (χ4v) is 8.81. The summed E-state index contributed by atoms with van der Waals surface area (Å²) in [6.45, 7) is 4.88. The summed E-state index contributed by atoms with van der Waals surface area (Å²) in [6, 6.07) is -0.637. The lowest BCUT2D eigenvalue weighted by Gasteiger charge is -2.20. The molecule has 6 heteroatoms. The maximum atomic E-state index is 12.5. The fraction of sp³-hybridized carbons (Fsp3) is 0.897. The Morgan fingerprint density at radius 1 is 0.422 bits per heavy atom. The van der Waals surface area contributed by atoms with Crippen LogP contribution in [0.15, 0.2) is 24.3 Å². The van der Waals surface area contributed by atoms with E-state index in [9.17, 15) is 19.8 Å². The number of nitrogens with one attached hydrogen (secondary N) is 1. The normalized spacial score (nSPS) is 12.8. The maximum absolute atomic E-state index is 12.5. The molecule has 0 aromatic heterocycles. The van der Waals surface area contributed by atoms with Gasteiger partial charge in [0.25, 0.3) is 0 Å². The number of carbonyl (C=O) groups is 2. The quantitative estimate of drug-likeness (QED) is 0.0321. The molecule has 0 aromatic rings. The highest BCUT2D eigenvalue weighted by Crippen LogP contribution is 2.16. The van der Waals surface area contributed by atoms with Gasteiger partial charge in [-0.05, 0) is 57.8 Å². The Bertz CT molecular complexity index is 997. The van der Waals surface area contributed by atoms with Gasteiger partial charge < -0.3 is 20.3 Å². The number of esters is 1. The van der Waals surface area contributed by atoms with Gasteiger partial charge in [0.2, 0.25) is 5.91 Å². The molecule has 64 heavy (non-hydrogen) atoms. The number of ether oxygens (including phenoxy) is 1. The van der Waals surface area contributed by atoms with Crippen LogP contribution in [0.4, 0.5) is 0 Å². The molecule has 0 aliphatic rings. The fourth-order valence-electron chi connectivity index (χ4n) is 8.81. The van der Waals surface area contributed by atoms with E-state index in [1.807, 2.05) is 6.08 Å². The van der Waals surface area contributed by atoms with E-state index < -0.39 is 12.1 Å². The molecule has 0 heterocycles. The zero-order valence-electron chi connectivity index (χ0n) is 43.0. The van der Waals surface area contributed by atoms with Crippen LogP contribution in [0.3, 0.4) is 0 Å². The average Bonchev–Trinajstić information content (AvgIpc) is 3.29. The second-order valence-corrected chi connectivity index (χ2v) is 19.6. The van der Waals surface area contributed by atoms with Gasteiger partial charge in [0.15, 0.2) is 0 Å². The van der Waals surface area contributed by atoms with E-state index in [0.717, 1.165) is 57.8 Å². The molecule has 0 bridgehead atoms. The minimum absolute atomic E-state index is 0.00950. The molecule has 0 fully saturated rings. The van der Waals surface area contributed by atoms with Crippen LogP contribution in [0.1, 0.15) is 309 Å². The van der Waals surface area contributed by atoms with Crippen molar-refractivity contribution in [3.8, 4) is 0 Å². The largest absolute Gasteiger partial charge is 0.466 e. The average molecular weight is 903 g/mol. The Balaban J connectivity index is 3.46. The number of carbonyl (C=O) groups excluding carboxylic acids is 2. The first-order valence-electron chi connectivity index (χ1n) is 28.6. The van der Waals surface area contributed by atoms with Crippen LogP contribution >= 0.6 is 0 Å². The molecule has 0 aromatic carbocycles. The molecular formula is C58H111NO5. The summed E-state index contributed by atoms with van der Waals surface area (Å²) < 4.78 is 5.48. The lowest BCUT2D eigenvalue weighted by molar-refractivity contribution is -0.143. The molecule has 0 saturated carbocycles. The minimum Gasteiger partial charge on any atom is -0.466 e. The van der Waals surface area contributed by atoms with E-state index >= 15 is 0 Å². The van der Waals surface area contributed by atoms with Gasteiger partial charge in [-0.3, -0.25) is 9.59 Å². The molecule has 2 atom stereocenters. The molecule has 378 valence electrons. The first-order chi connectivity index (χ1) is 31.5. The zero-order valence-corrected chi connectivity index (χ0v) is 43.0. The molecule has 0 radical (unpaired) electrons. The second kappa shape index (κ2) is 54.0. The van der Waals surface area contributed by atoms with Crippen LogP contribution in [0.25, 0.3) is 0 Å². The van der Waals surface area contributed by atoms with Crippen molar-refractivity contribution in [2.45, 2.75) is 321 Å². The Kier molecular flexibility index (Phi) is 52.6. The smallest absolute Gasteiger partial charge is 0.305 e. The lowest BCUT2D eigenvalue weighted by atomic mass is 10.0. The highest BCUT2D eigenvalue weighted by Gasteiger charge is 2.18. The van der Waals surface area contributed by atoms with E-state index in [-0.39, 0.29) is 18.5 Å². The number of hydrogen-bond donors (Lipinski definition) is 3. The van der Waals surface area contributed by atoms with Crippen LogP contribution in [0, 0.1) is 0 Å². The SMILES string of the molecule is CCCCCCCCC/C=C\CCCCCCCCCC(=O)OCCCCCCCCCCCCCCCC(=O)NC(CO)C(O)/C=C/CCCCCCCCCCCCCCCC. The summed E-state index contributed by atoms with van der Waals surface area (Å²) >= 11 is 0. The van der Waals surface area contributed by atoms with Crippen LogP contribution in [0.5, 0.6) is 0 Å². The third-order valence-corrected chi connectivity index (χ3v) is 13.2. The minimum atomic E-state index is -0.853. The van der Waals surface area contributed by atoms with E-state index in [1.165, 1.54) is 225 Å². The molecule has 0 spiro atoms. The van der Waals surface area contributed by atoms with Crippen molar-refractivity contribution < 1.29 is 24.5 Å². The number of allylic oxidation sites excluding steroid dienone is 3. The lowest BCUT2D eigenvalue weighted by Crippen LogP contribution is -2.45. The monoisotopic (exact) mass is 902 g/mol. The van der Waals surface area contributed by atoms with Crippen molar-refractivity contribution >= 4 is 11.9 Å². The van der Waals surface area contributed by atoms with Crippen molar-refractivity contribution in [3.05, 3.63) is 24.3 Å². The molecule has 0 aliphatic heterocycles. The Morgan fingerprint density at radius 2 is 0.734 bits per heavy atom. The predicted octanol–water partition coefficient (Wildman–Crippen LogP) is 17.5. The highest BCUT2D eigenvalue weighted by molar-refractivity contribution is 5.76. The molecule has 1 amide bonds. The third-order valence-electron chi connectivity index (χ3n) is 13.2. The van der Waals surface area contributed by atoms with Crippen LogP contribution < -0.4 is 5.32 Å². The molecule has 6 nitrogen and oxygen atoms in total. The van der Waals surface area contributed by atoms with Crippen LogP contribution in [0.2, 0.25) is 0 Å². The van der Waals surface area contributed by atoms with Gasteiger partial charge in [-0.1, -0.05) is 263 Å². The van der Waals surface area contributed by atoms with E-state index in [2.05, 4.69) is 31.3 Å². The van der Waals surface area contributed by atoms with Gasteiger partial charge in [-0.2, -0.15) is 0 Å². The van der Waals surface area contributed by atoms with Gasteiger partial charge in [0.05, 0.1) is 25.4 Å². The molecule has 0 saturated heterocycles. The topological polar surface area (TPSA) is 95.9 Å². The summed E-state index contributed by atoms with van der Waals surface area (Å²) in [5.41, 5.74) is 0.